The Balaban J connectivity index is 1.31. The zero-order chi connectivity index (χ0) is 14.5. The van der Waals surface area contributed by atoms with Crippen molar-refractivity contribution in [2.75, 3.05) is 33.2 Å². The standard InChI is InChI=1S/C18H35N3/c1-20(16-8-3-2-4-9-16)13-7-12-19-17-11-15-21-14-6-5-10-18(17)21/h16-19H,2-15H2,1H3. The summed E-state index contributed by atoms with van der Waals surface area (Å²) in [7, 11) is 2.34. The van der Waals surface area contributed by atoms with Gasteiger partial charge in [-0.15, -0.1) is 0 Å². The molecule has 21 heavy (non-hydrogen) atoms. The summed E-state index contributed by atoms with van der Waals surface area (Å²) in [6, 6.07) is 2.51. The molecule has 3 fully saturated rings. The Morgan fingerprint density at radius 3 is 2.62 bits per heavy atom. The van der Waals surface area contributed by atoms with Gasteiger partial charge in [0, 0.05) is 24.7 Å². The number of rotatable bonds is 6. The van der Waals surface area contributed by atoms with Gasteiger partial charge >= 0.3 is 0 Å². The summed E-state index contributed by atoms with van der Waals surface area (Å²) in [6.07, 6.45) is 14.2. The van der Waals surface area contributed by atoms with E-state index in [1.807, 2.05) is 0 Å². The molecule has 122 valence electrons. The van der Waals surface area contributed by atoms with Crippen molar-refractivity contribution in [3.63, 3.8) is 0 Å². The van der Waals surface area contributed by atoms with E-state index in [1.54, 1.807) is 0 Å². The van der Waals surface area contributed by atoms with Gasteiger partial charge in [-0.25, -0.2) is 0 Å². The third-order valence-electron chi connectivity index (χ3n) is 6.15. The van der Waals surface area contributed by atoms with Crippen molar-refractivity contribution in [1.82, 2.24) is 15.1 Å². The van der Waals surface area contributed by atoms with Gasteiger partial charge in [-0.1, -0.05) is 25.7 Å². The van der Waals surface area contributed by atoms with E-state index in [2.05, 4.69) is 22.2 Å². The topological polar surface area (TPSA) is 18.5 Å². The van der Waals surface area contributed by atoms with Gasteiger partial charge in [0.15, 0.2) is 0 Å². The zero-order valence-corrected chi connectivity index (χ0v) is 14.0. The lowest BCUT2D eigenvalue weighted by Gasteiger charge is -2.33. The summed E-state index contributed by atoms with van der Waals surface area (Å²) in [5, 5.41) is 3.87. The highest BCUT2D eigenvalue weighted by Crippen LogP contribution is 2.27. The molecule has 0 aromatic rings. The van der Waals surface area contributed by atoms with E-state index in [-0.39, 0.29) is 0 Å². The van der Waals surface area contributed by atoms with Gasteiger partial charge in [0.1, 0.15) is 0 Å². The number of piperidine rings is 1. The Labute approximate surface area is 131 Å². The molecule has 2 aliphatic heterocycles. The maximum atomic E-state index is 3.87. The molecule has 0 spiro atoms. The molecule has 3 rings (SSSR count). The van der Waals surface area contributed by atoms with Crippen LogP contribution in [0.25, 0.3) is 0 Å². The molecule has 0 aromatic heterocycles. The minimum atomic E-state index is 0.783. The van der Waals surface area contributed by atoms with Gasteiger partial charge in [-0.2, -0.15) is 0 Å². The van der Waals surface area contributed by atoms with Crippen LogP contribution in [0.3, 0.4) is 0 Å². The predicted molar refractivity (Wildman–Crippen MR) is 89.7 cm³/mol. The van der Waals surface area contributed by atoms with E-state index < -0.39 is 0 Å². The molecule has 2 atom stereocenters. The maximum Gasteiger partial charge on any atom is 0.0249 e. The molecule has 3 nitrogen and oxygen atoms in total. The SMILES string of the molecule is CN(CCCNC1CCN2CCCCC12)C1CCCCC1. The minimum absolute atomic E-state index is 0.783. The number of hydrogen-bond acceptors (Lipinski definition) is 3. The number of hydrogen-bond donors (Lipinski definition) is 1. The minimum Gasteiger partial charge on any atom is -0.312 e. The number of nitrogens with one attached hydrogen (secondary N) is 1. The van der Waals surface area contributed by atoms with Crippen molar-refractivity contribution in [3.8, 4) is 0 Å². The van der Waals surface area contributed by atoms with Crippen molar-refractivity contribution in [2.24, 2.45) is 0 Å². The van der Waals surface area contributed by atoms with E-state index in [4.69, 9.17) is 0 Å². The van der Waals surface area contributed by atoms with Crippen molar-refractivity contribution in [3.05, 3.63) is 0 Å². The molecule has 0 bridgehead atoms. The quantitative estimate of drug-likeness (QED) is 0.760. The molecule has 1 saturated carbocycles. The molecule has 2 unspecified atom stereocenters. The van der Waals surface area contributed by atoms with Crippen LogP contribution in [-0.4, -0.2) is 61.2 Å². The monoisotopic (exact) mass is 293 g/mol. The van der Waals surface area contributed by atoms with Crippen LogP contribution >= 0.6 is 0 Å². The average Bonchev–Trinajstić information content (AvgIpc) is 2.95. The summed E-state index contributed by atoms with van der Waals surface area (Å²) < 4.78 is 0. The van der Waals surface area contributed by atoms with Crippen LogP contribution in [0.5, 0.6) is 0 Å². The highest BCUT2D eigenvalue weighted by atomic mass is 15.2. The Hall–Kier alpha value is -0.120. The lowest BCUT2D eigenvalue weighted by atomic mass is 9.94. The van der Waals surface area contributed by atoms with Crippen LogP contribution in [0.15, 0.2) is 0 Å². The van der Waals surface area contributed by atoms with Crippen molar-refractivity contribution >= 4 is 0 Å². The first-order valence-corrected chi connectivity index (χ1v) is 9.52. The first kappa shape index (κ1) is 15.8. The molecule has 0 amide bonds. The smallest absolute Gasteiger partial charge is 0.0249 e. The predicted octanol–water partition coefficient (Wildman–Crippen LogP) is 2.86. The Kier molecular flexibility index (Phi) is 5.96. The molecule has 3 aliphatic rings. The van der Waals surface area contributed by atoms with Gasteiger partial charge in [-0.3, -0.25) is 4.90 Å². The van der Waals surface area contributed by atoms with E-state index in [0.29, 0.717) is 0 Å². The van der Waals surface area contributed by atoms with Crippen molar-refractivity contribution in [2.45, 2.75) is 82.3 Å². The van der Waals surface area contributed by atoms with Crippen LogP contribution in [0, 0.1) is 0 Å². The van der Waals surface area contributed by atoms with Crippen LogP contribution in [0.2, 0.25) is 0 Å². The van der Waals surface area contributed by atoms with Crippen LogP contribution in [0.4, 0.5) is 0 Å². The van der Waals surface area contributed by atoms with E-state index >= 15 is 0 Å². The second-order valence-electron chi connectivity index (χ2n) is 7.57. The molecule has 2 heterocycles. The summed E-state index contributed by atoms with van der Waals surface area (Å²) in [5.41, 5.74) is 0. The third kappa shape index (κ3) is 4.20. The second-order valence-corrected chi connectivity index (χ2v) is 7.57. The van der Waals surface area contributed by atoms with Crippen LogP contribution in [-0.2, 0) is 0 Å². The second kappa shape index (κ2) is 7.94. The first-order valence-electron chi connectivity index (χ1n) is 9.52. The number of nitrogens with zero attached hydrogens (tertiary/aromatic N) is 2. The zero-order valence-electron chi connectivity index (χ0n) is 14.0. The van der Waals surface area contributed by atoms with Gasteiger partial charge in [0.2, 0.25) is 0 Å². The van der Waals surface area contributed by atoms with Gasteiger partial charge in [-0.05, 0) is 65.2 Å². The highest BCUT2D eigenvalue weighted by molar-refractivity contribution is 4.93. The Morgan fingerprint density at radius 1 is 0.952 bits per heavy atom. The summed E-state index contributed by atoms with van der Waals surface area (Å²) in [6.45, 7) is 5.18. The molecular weight excluding hydrogens is 258 g/mol. The lowest BCUT2D eigenvalue weighted by Crippen LogP contribution is -2.45. The van der Waals surface area contributed by atoms with Crippen molar-refractivity contribution in [1.29, 1.82) is 0 Å². The lowest BCUT2D eigenvalue weighted by molar-refractivity contribution is 0.175. The molecule has 1 aliphatic carbocycles. The fourth-order valence-corrected chi connectivity index (χ4v) is 4.81. The molecular formula is C18H35N3. The van der Waals surface area contributed by atoms with Gasteiger partial charge in [0.25, 0.3) is 0 Å². The molecule has 0 radical (unpaired) electrons. The van der Waals surface area contributed by atoms with E-state index in [1.165, 1.54) is 90.4 Å². The van der Waals surface area contributed by atoms with Crippen LogP contribution in [0.1, 0.15) is 64.2 Å². The molecule has 3 heteroatoms. The normalized spacial score (nSPS) is 31.7. The fourth-order valence-electron chi connectivity index (χ4n) is 4.81. The van der Waals surface area contributed by atoms with E-state index in [9.17, 15) is 0 Å². The third-order valence-corrected chi connectivity index (χ3v) is 6.15. The molecule has 0 aromatic carbocycles. The largest absolute Gasteiger partial charge is 0.312 e. The van der Waals surface area contributed by atoms with Crippen molar-refractivity contribution < 1.29 is 0 Å². The number of fused-ring (bicyclic) bond motifs is 1. The maximum absolute atomic E-state index is 3.87. The Morgan fingerprint density at radius 2 is 1.76 bits per heavy atom. The van der Waals surface area contributed by atoms with Gasteiger partial charge < -0.3 is 10.2 Å². The summed E-state index contributed by atoms with van der Waals surface area (Å²) >= 11 is 0. The average molecular weight is 293 g/mol. The van der Waals surface area contributed by atoms with E-state index in [0.717, 1.165) is 18.1 Å². The molecule has 1 N–H and O–H groups in total. The molecule has 2 saturated heterocycles. The summed E-state index contributed by atoms with van der Waals surface area (Å²) in [4.78, 5) is 5.36. The van der Waals surface area contributed by atoms with Gasteiger partial charge in [0.05, 0.1) is 0 Å². The fraction of sp³-hybridized carbons (Fsp3) is 1.00. The summed E-state index contributed by atoms with van der Waals surface area (Å²) in [5.74, 6) is 0. The van der Waals surface area contributed by atoms with Crippen LogP contribution < -0.4 is 5.32 Å². The first-order chi connectivity index (χ1) is 10.3. The Bertz CT molecular complexity index is 301. The highest BCUT2D eigenvalue weighted by Gasteiger charge is 2.34.